The van der Waals surface area contributed by atoms with Gasteiger partial charge >= 0.3 is 0 Å². The van der Waals surface area contributed by atoms with Gasteiger partial charge in [0.2, 0.25) is 0 Å². The lowest BCUT2D eigenvalue weighted by Crippen LogP contribution is -1.98. The molecule has 0 bridgehead atoms. The molecule has 0 fully saturated rings. The van der Waals surface area contributed by atoms with Gasteiger partial charge in [-0.25, -0.2) is 0 Å². The summed E-state index contributed by atoms with van der Waals surface area (Å²) in [6.45, 7) is 2.14. The van der Waals surface area contributed by atoms with Gasteiger partial charge in [-0.15, -0.1) is 0 Å². The highest BCUT2D eigenvalue weighted by atomic mass is 16.3. The Kier molecular flexibility index (Phi) is 3.93. The summed E-state index contributed by atoms with van der Waals surface area (Å²) in [7, 11) is 0. The molecular formula is C11H16O2. The van der Waals surface area contributed by atoms with E-state index >= 15 is 0 Å². The molecule has 13 heavy (non-hydrogen) atoms. The van der Waals surface area contributed by atoms with Gasteiger partial charge in [0.1, 0.15) is 0 Å². The van der Waals surface area contributed by atoms with Crippen LogP contribution in [0.15, 0.2) is 24.3 Å². The average Bonchev–Trinajstić information content (AvgIpc) is 2.14. The van der Waals surface area contributed by atoms with Gasteiger partial charge in [0, 0.05) is 6.61 Å². The van der Waals surface area contributed by atoms with Crippen molar-refractivity contribution in [1.82, 2.24) is 0 Å². The van der Waals surface area contributed by atoms with E-state index in [1.807, 2.05) is 31.2 Å². The fourth-order valence-corrected chi connectivity index (χ4v) is 1.33. The second-order valence-electron chi connectivity index (χ2n) is 3.30. The minimum atomic E-state index is -0.438. The number of aliphatic hydroxyl groups excluding tert-OH is 2. The molecule has 0 aliphatic rings. The molecule has 0 heterocycles. The number of benzene rings is 1. The van der Waals surface area contributed by atoms with Gasteiger partial charge in [-0.1, -0.05) is 29.8 Å². The molecule has 1 aromatic rings. The van der Waals surface area contributed by atoms with Crippen molar-refractivity contribution in [3.8, 4) is 0 Å². The Morgan fingerprint density at radius 2 is 2.15 bits per heavy atom. The van der Waals surface area contributed by atoms with E-state index in [2.05, 4.69) is 0 Å². The van der Waals surface area contributed by atoms with Gasteiger partial charge in [-0.05, 0) is 25.3 Å². The molecule has 0 aliphatic heterocycles. The summed E-state index contributed by atoms with van der Waals surface area (Å²) in [6, 6.07) is 7.83. The molecule has 1 aromatic carbocycles. The molecule has 0 saturated carbocycles. The fraction of sp³-hybridized carbons (Fsp3) is 0.455. The monoisotopic (exact) mass is 180 g/mol. The van der Waals surface area contributed by atoms with E-state index in [0.717, 1.165) is 11.1 Å². The van der Waals surface area contributed by atoms with Crippen molar-refractivity contribution in [1.29, 1.82) is 0 Å². The van der Waals surface area contributed by atoms with Gasteiger partial charge in [0.15, 0.2) is 0 Å². The summed E-state index contributed by atoms with van der Waals surface area (Å²) in [5.74, 6) is 0. The Bertz CT molecular complexity index is 258. The molecule has 0 spiro atoms. The second kappa shape index (κ2) is 5.00. The molecule has 2 heteroatoms. The van der Waals surface area contributed by atoms with Crippen LogP contribution in [0.25, 0.3) is 0 Å². The summed E-state index contributed by atoms with van der Waals surface area (Å²) in [5, 5.41) is 18.3. The first-order chi connectivity index (χ1) is 6.24. The van der Waals surface area contributed by atoms with E-state index in [1.165, 1.54) is 0 Å². The maximum absolute atomic E-state index is 9.66. The lowest BCUT2D eigenvalue weighted by Gasteiger charge is -2.10. The van der Waals surface area contributed by atoms with E-state index in [9.17, 15) is 5.11 Å². The second-order valence-corrected chi connectivity index (χ2v) is 3.30. The molecule has 1 unspecified atom stereocenters. The molecule has 72 valence electrons. The zero-order valence-corrected chi connectivity index (χ0v) is 7.90. The lowest BCUT2D eigenvalue weighted by molar-refractivity contribution is 0.152. The summed E-state index contributed by atoms with van der Waals surface area (Å²) in [6.07, 6.45) is 0.835. The molecule has 0 aromatic heterocycles. The van der Waals surface area contributed by atoms with Crippen molar-refractivity contribution >= 4 is 0 Å². The van der Waals surface area contributed by atoms with Crippen LogP contribution in [0.2, 0.25) is 0 Å². The average molecular weight is 180 g/mol. The van der Waals surface area contributed by atoms with Gasteiger partial charge in [-0.3, -0.25) is 0 Å². The molecule has 2 N–H and O–H groups in total. The smallest absolute Gasteiger partial charge is 0.0791 e. The Hall–Kier alpha value is -0.860. The first kappa shape index (κ1) is 10.2. The highest BCUT2D eigenvalue weighted by Crippen LogP contribution is 2.18. The third-order valence-electron chi connectivity index (χ3n) is 2.06. The van der Waals surface area contributed by atoms with E-state index in [1.54, 1.807) is 0 Å². The molecule has 0 radical (unpaired) electrons. The fourth-order valence-electron chi connectivity index (χ4n) is 1.33. The maximum Gasteiger partial charge on any atom is 0.0791 e. The van der Waals surface area contributed by atoms with Crippen molar-refractivity contribution in [2.75, 3.05) is 6.61 Å². The summed E-state index contributed by atoms with van der Waals surface area (Å²) in [5.41, 5.74) is 2.09. The number of hydrogen-bond donors (Lipinski definition) is 2. The highest BCUT2D eigenvalue weighted by molar-refractivity contribution is 5.23. The molecule has 1 rings (SSSR count). The van der Waals surface area contributed by atoms with Crippen molar-refractivity contribution in [3.05, 3.63) is 35.4 Å². The molecule has 0 saturated heterocycles. The van der Waals surface area contributed by atoms with Crippen LogP contribution in [0.3, 0.4) is 0 Å². The van der Waals surface area contributed by atoms with E-state index < -0.39 is 6.10 Å². The van der Waals surface area contributed by atoms with Gasteiger partial charge in [-0.2, -0.15) is 0 Å². The minimum Gasteiger partial charge on any atom is -0.396 e. The van der Waals surface area contributed by atoms with E-state index in [0.29, 0.717) is 12.8 Å². The van der Waals surface area contributed by atoms with Crippen molar-refractivity contribution in [3.63, 3.8) is 0 Å². The van der Waals surface area contributed by atoms with Crippen LogP contribution in [-0.4, -0.2) is 16.8 Å². The van der Waals surface area contributed by atoms with Crippen molar-refractivity contribution in [2.24, 2.45) is 0 Å². The molecule has 2 nitrogen and oxygen atoms in total. The van der Waals surface area contributed by atoms with Crippen LogP contribution < -0.4 is 0 Å². The van der Waals surface area contributed by atoms with Crippen molar-refractivity contribution < 1.29 is 10.2 Å². The van der Waals surface area contributed by atoms with Crippen LogP contribution in [0.4, 0.5) is 0 Å². The molecule has 1 atom stereocenters. The predicted molar refractivity (Wildman–Crippen MR) is 52.5 cm³/mol. The lowest BCUT2D eigenvalue weighted by atomic mass is 10.0. The molecule has 0 amide bonds. The summed E-state index contributed by atoms with van der Waals surface area (Å²) in [4.78, 5) is 0. The number of aryl methyl sites for hydroxylation is 1. The van der Waals surface area contributed by atoms with E-state index in [4.69, 9.17) is 5.11 Å². The number of aliphatic hydroxyl groups is 2. The predicted octanol–water partition coefficient (Wildman–Crippen LogP) is 1.80. The Morgan fingerprint density at radius 3 is 2.77 bits per heavy atom. The van der Waals surface area contributed by atoms with Crippen LogP contribution in [0.1, 0.15) is 30.1 Å². The number of rotatable bonds is 4. The van der Waals surface area contributed by atoms with E-state index in [-0.39, 0.29) is 6.61 Å². The Morgan fingerprint density at radius 1 is 1.38 bits per heavy atom. The normalized spacial score (nSPS) is 12.8. The highest BCUT2D eigenvalue weighted by Gasteiger charge is 2.05. The zero-order chi connectivity index (χ0) is 9.68. The molecule has 0 aliphatic carbocycles. The SMILES string of the molecule is Cc1cccc(C(O)CCCO)c1. The quantitative estimate of drug-likeness (QED) is 0.741. The number of hydrogen-bond acceptors (Lipinski definition) is 2. The Labute approximate surface area is 78.8 Å². The first-order valence-corrected chi connectivity index (χ1v) is 4.59. The largest absolute Gasteiger partial charge is 0.396 e. The minimum absolute atomic E-state index is 0.142. The third-order valence-corrected chi connectivity index (χ3v) is 2.06. The summed E-state index contributed by atoms with van der Waals surface area (Å²) >= 11 is 0. The van der Waals surface area contributed by atoms with Gasteiger partial charge < -0.3 is 10.2 Å². The topological polar surface area (TPSA) is 40.5 Å². The molecular weight excluding hydrogens is 164 g/mol. The van der Waals surface area contributed by atoms with Crippen LogP contribution in [-0.2, 0) is 0 Å². The van der Waals surface area contributed by atoms with Crippen LogP contribution >= 0.6 is 0 Å². The third kappa shape index (κ3) is 3.17. The standard InChI is InChI=1S/C11H16O2/c1-9-4-2-5-10(8-9)11(13)6-3-7-12/h2,4-5,8,11-13H,3,6-7H2,1H3. The maximum atomic E-state index is 9.66. The van der Waals surface area contributed by atoms with Crippen LogP contribution in [0, 0.1) is 6.92 Å². The Balaban J connectivity index is 2.60. The van der Waals surface area contributed by atoms with Gasteiger partial charge in [0.25, 0.3) is 0 Å². The van der Waals surface area contributed by atoms with Crippen LogP contribution in [0.5, 0.6) is 0 Å². The van der Waals surface area contributed by atoms with Gasteiger partial charge in [0.05, 0.1) is 6.10 Å². The van der Waals surface area contributed by atoms with Crippen molar-refractivity contribution in [2.45, 2.75) is 25.9 Å². The zero-order valence-electron chi connectivity index (χ0n) is 7.90. The first-order valence-electron chi connectivity index (χ1n) is 4.59. The summed E-state index contributed by atoms with van der Waals surface area (Å²) < 4.78 is 0.